The molecule has 2 rings (SSSR count). The minimum atomic E-state index is 0.772. The van der Waals surface area contributed by atoms with Gasteiger partial charge in [0.1, 0.15) is 0 Å². The molecule has 1 aromatic carbocycles. The van der Waals surface area contributed by atoms with Crippen molar-refractivity contribution in [2.24, 2.45) is 11.8 Å². The third-order valence-electron chi connectivity index (χ3n) is 3.41. The highest BCUT2D eigenvalue weighted by Crippen LogP contribution is 2.30. The number of hydrogen-bond donors (Lipinski definition) is 0. The number of benzene rings is 1. The Bertz CT molecular complexity index is 384. The van der Waals surface area contributed by atoms with E-state index in [4.69, 9.17) is 11.6 Å². The van der Waals surface area contributed by atoms with E-state index in [2.05, 4.69) is 52.9 Å². The summed E-state index contributed by atoms with van der Waals surface area (Å²) in [7, 11) is 0. The first-order valence-corrected chi connectivity index (χ1v) is 7.69. The van der Waals surface area contributed by atoms with E-state index in [1.54, 1.807) is 0 Å². The molecule has 1 saturated heterocycles. The fraction of sp³-hybridized carbons (Fsp3) is 0.571. The Morgan fingerprint density at radius 2 is 1.94 bits per heavy atom. The lowest BCUT2D eigenvalue weighted by Crippen LogP contribution is -2.38. The summed E-state index contributed by atoms with van der Waals surface area (Å²) in [5.74, 6) is 1.54. The first-order valence-electron chi connectivity index (χ1n) is 6.19. The molecule has 2 atom stereocenters. The van der Waals surface area contributed by atoms with E-state index in [0.717, 1.165) is 40.8 Å². The molecule has 0 bridgehead atoms. The molecule has 3 heteroatoms. The van der Waals surface area contributed by atoms with Gasteiger partial charge in [0.2, 0.25) is 0 Å². The van der Waals surface area contributed by atoms with Crippen molar-refractivity contribution in [3.63, 3.8) is 0 Å². The average molecular weight is 317 g/mol. The third kappa shape index (κ3) is 3.17. The lowest BCUT2D eigenvalue weighted by atomic mass is 9.91. The van der Waals surface area contributed by atoms with Crippen LogP contribution in [0.1, 0.15) is 25.8 Å². The Kier molecular flexibility index (Phi) is 4.37. The van der Waals surface area contributed by atoms with Crippen LogP contribution in [0, 0.1) is 11.8 Å². The van der Waals surface area contributed by atoms with Crippen LogP contribution in [-0.4, -0.2) is 13.1 Å². The molecule has 0 aliphatic carbocycles. The maximum Gasteiger partial charge on any atom is 0.0467 e. The Hall–Kier alpha value is -0.210. The number of halogens is 2. The summed E-state index contributed by atoms with van der Waals surface area (Å²) in [5.41, 5.74) is 2.42. The number of rotatable bonds is 2. The van der Waals surface area contributed by atoms with Crippen molar-refractivity contribution in [1.82, 2.24) is 0 Å². The van der Waals surface area contributed by atoms with Crippen molar-refractivity contribution in [3.8, 4) is 0 Å². The van der Waals surface area contributed by atoms with Gasteiger partial charge in [0.05, 0.1) is 0 Å². The fourth-order valence-electron chi connectivity index (χ4n) is 2.72. The minimum Gasteiger partial charge on any atom is -0.371 e. The van der Waals surface area contributed by atoms with Crippen LogP contribution >= 0.6 is 27.5 Å². The average Bonchev–Trinajstić information content (AvgIpc) is 2.27. The first kappa shape index (κ1) is 13.2. The van der Waals surface area contributed by atoms with Crippen LogP contribution in [0.15, 0.2) is 18.2 Å². The topological polar surface area (TPSA) is 3.24 Å². The van der Waals surface area contributed by atoms with Gasteiger partial charge in [0, 0.05) is 29.1 Å². The maximum absolute atomic E-state index is 6.26. The predicted molar refractivity (Wildman–Crippen MR) is 79.2 cm³/mol. The molecule has 1 heterocycles. The van der Waals surface area contributed by atoms with Crippen molar-refractivity contribution in [2.45, 2.75) is 25.6 Å². The van der Waals surface area contributed by atoms with Gasteiger partial charge in [0.25, 0.3) is 0 Å². The highest BCUT2D eigenvalue weighted by molar-refractivity contribution is 9.08. The number of anilines is 1. The van der Waals surface area contributed by atoms with Crippen LogP contribution < -0.4 is 4.90 Å². The van der Waals surface area contributed by atoms with Crippen molar-refractivity contribution in [3.05, 3.63) is 28.8 Å². The van der Waals surface area contributed by atoms with Gasteiger partial charge in [-0.05, 0) is 36.0 Å². The van der Waals surface area contributed by atoms with Crippen molar-refractivity contribution < 1.29 is 0 Å². The van der Waals surface area contributed by atoms with Crippen LogP contribution in [-0.2, 0) is 5.33 Å². The zero-order valence-corrected chi connectivity index (χ0v) is 12.8. The second-order valence-corrected chi connectivity index (χ2v) is 6.23. The largest absolute Gasteiger partial charge is 0.371 e. The summed E-state index contributed by atoms with van der Waals surface area (Å²) in [4.78, 5) is 2.46. The molecule has 1 nitrogen and oxygen atoms in total. The Morgan fingerprint density at radius 3 is 2.47 bits per heavy atom. The molecular weight excluding hydrogens is 298 g/mol. The fourth-order valence-corrected chi connectivity index (χ4v) is 3.61. The molecule has 94 valence electrons. The van der Waals surface area contributed by atoms with Crippen molar-refractivity contribution in [1.29, 1.82) is 0 Å². The molecule has 1 aromatic rings. The van der Waals surface area contributed by atoms with Gasteiger partial charge in [-0.1, -0.05) is 47.4 Å². The van der Waals surface area contributed by atoms with E-state index in [-0.39, 0.29) is 0 Å². The molecule has 1 aliphatic rings. The second kappa shape index (κ2) is 5.62. The zero-order valence-electron chi connectivity index (χ0n) is 10.4. The SMILES string of the molecule is CC1CC(C)CN(c2ccc(CBr)c(Cl)c2)C1. The summed E-state index contributed by atoms with van der Waals surface area (Å²) in [6, 6.07) is 6.41. The first-order chi connectivity index (χ1) is 8.10. The smallest absolute Gasteiger partial charge is 0.0467 e. The molecule has 0 N–H and O–H groups in total. The number of nitrogens with zero attached hydrogens (tertiary/aromatic N) is 1. The summed E-state index contributed by atoms with van der Waals surface area (Å²) < 4.78 is 0. The summed E-state index contributed by atoms with van der Waals surface area (Å²) in [6.45, 7) is 6.96. The van der Waals surface area contributed by atoms with E-state index in [0.29, 0.717) is 0 Å². The van der Waals surface area contributed by atoms with E-state index in [9.17, 15) is 0 Å². The molecule has 1 fully saturated rings. The Labute approximate surface area is 117 Å². The summed E-state index contributed by atoms with van der Waals surface area (Å²) in [5, 5.41) is 1.68. The molecule has 2 unspecified atom stereocenters. The third-order valence-corrected chi connectivity index (χ3v) is 4.37. The second-order valence-electron chi connectivity index (χ2n) is 5.26. The molecule has 0 aromatic heterocycles. The summed E-state index contributed by atoms with van der Waals surface area (Å²) in [6.07, 6.45) is 1.34. The highest BCUT2D eigenvalue weighted by Gasteiger charge is 2.22. The van der Waals surface area contributed by atoms with Gasteiger partial charge in [-0.3, -0.25) is 0 Å². The van der Waals surface area contributed by atoms with Gasteiger partial charge < -0.3 is 4.90 Å². The molecule has 0 amide bonds. The quantitative estimate of drug-likeness (QED) is 0.714. The lowest BCUT2D eigenvalue weighted by Gasteiger charge is -2.36. The molecule has 0 radical (unpaired) electrons. The standard InChI is InChI=1S/C14H19BrClN/c1-10-5-11(2)9-17(8-10)13-4-3-12(7-15)14(16)6-13/h3-4,6,10-11H,5,7-9H2,1-2H3. The summed E-state index contributed by atoms with van der Waals surface area (Å²) >= 11 is 9.71. The Morgan fingerprint density at radius 1 is 1.29 bits per heavy atom. The molecule has 17 heavy (non-hydrogen) atoms. The molecule has 1 aliphatic heterocycles. The van der Waals surface area contributed by atoms with Crippen LogP contribution in [0.25, 0.3) is 0 Å². The number of alkyl halides is 1. The highest BCUT2D eigenvalue weighted by atomic mass is 79.9. The molecular formula is C14H19BrClN. The van der Waals surface area contributed by atoms with Crippen molar-refractivity contribution in [2.75, 3.05) is 18.0 Å². The Balaban J connectivity index is 2.19. The monoisotopic (exact) mass is 315 g/mol. The van der Waals surface area contributed by atoms with Crippen LogP contribution in [0.4, 0.5) is 5.69 Å². The zero-order chi connectivity index (χ0) is 12.4. The van der Waals surface area contributed by atoms with Crippen LogP contribution in [0.2, 0.25) is 5.02 Å². The van der Waals surface area contributed by atoms with Crippen LogP contribution in [0.3, 0.4) is 0 Å². The van der Waals surface area contributed by atoms with E-state index in [1.807, 2.05) is 0 Å². The van der Waals surface area contributed by atoms with E-state index in [1.165, 1.54) is 12.1 Å². The van der Waals surface area contributed by atoms with Gasteiger partial charge in [-0.15, -0.1) is 0 Å². The number of hydrogen-bond acceptors (Lipinski definition) is 1. The lowest BCUT2D eigenvalue weighted by molar-refractivity contribution is 0.357. The van der Waals surface area contributed by atoms with Gasteiger partial charge >= 0.3 is 0 Å². The van der Waals surface area contributed by atoms with Crippen LogP contribution in [0.5, 0.6) is 0 Å². The van der Waals surface area contributed by atoms with E-state index < -0.39 is 0 Å². The van der Waals surface area contributed by atoms with Gasteiger partial charge in [0.15, 0.2) is 0 Å². The predicted octanol–water partition coefficient (Wildman–Crippen LogP) is 4.72. The molecule has 0 spiro atoms. The minimum absolute atomic E-state index is 0.772. The van der Waals surface area contributed by atoms with E-state index >= 15 is 0 Å². The van der Waals surface area contributed by atoms with Gasteiger partial charge in [-0.25, -0.2) is 0 Å². The van der Waals surface area contributed by atoms with Crippen molar-refractivity contribution >= 4 is 33.2 Å². The number of piperidine rings is 1. The molecule has 0 saturated carbocycles. The maximum atomic E-state index is 6.26. The van der Waals surface area contributed by atoms with Gasteiger partial charge in [-0.2, -0.15) is 0 Å². The normalized spacial score (nSPS) is 25.1.